The molecule has 1 rings (SSSR count). The predicted molar refractivity (Wildman–Crippen MR) is 67.8 cm³/mol. The number of benzene rings is 1. The summed E-state index contributed by atoms with van der Waals surface area (Å²) >= 11 is 3.03. The van der Waals surface area contributed by atoms with Crippen LogP contribution in [0.1, 0.15) is 12.5 Å². The highest BCUT2D eigenvalue weighted by atomic mass is 79.9. The van der Waals surface area contributed by atoms with Crippen molar-refractivity contribution in [3.8, 4) is 0 Å². The van der Waals surface area contributed by atoms with Gasteiger partial charge >= 0.3 is 6.18 Å². The minimum Gasteiger partial charge on any atom is -0.291 e. The van der Waals surface area contributed by atoms with Crippen LogP contribution < -0.4 is 0 Å². The van der Waals surface area contributed by atoms with Gasteiger partial charge in [-0.15, -0.1) is 0 Å². The van der Waals surface area contributed by atoms with E-state index >= 15 is 0 Å². The molecule has 1 aromatic rings. The highest BCUT2D eigenvalue weighted by Crippen LogP contribution is 2.26. The second-order valence-electron chi connectivity index (χ2n) is 3.96. The van der Waals surface area contributed by atoms with Crippen LogP contribution in [0.2, 0.25) is 0 Å². The number of alkyl halides is 3. The van der Waals surface area contributed by atoms with Gasteiger partial charge < -0.3 is 0 Å². The first-order valence-electron chi connectivity index (χ1n) is 5.45. The van der Waals surface area contributed by atoms with Crippen molar-refractivity contribution in [2.75, 3.05) is 13.1 Å². The maximum Gasteiger partial charge on any atom is 0.401 e. The molecule has 106 valence electrons. The van der Waals surface area contributed by atoms with Crippen LogP contribution in [-0.4, -0.2) is 29.1 Å². The second-order valence-corrected chi connectivity index (χ2v) is 4.82. The number of halogens is 4. The van der Waals surface area contributed by atoms with Crippen molar-refractivity contribution in [2.45, 2.75) is 19.6 Å². The van der Waals surface area contributed by atoms with Gasteiger partial charge in [-0.25, -0.2) is 0 Å². The van der Waals surface area contributed by atoms with Crippen LogP contribution >= 0.6 is 15.9 Å². The highest BCUT2D eigenvalue weighted by Gasteiger charge is 2.30. The topological polar surface area (TPSA) is 46.4 Å². The number of nitrogens with zero attached hydrogens (tertiary/aromatic N) is 2. The number of nitro groups is 1. The van der Waals surface area contributed by atoms with Gasteiger partial charge in [0.1, 0.15) is 0 Å². The van der Waals surface area contributed by atoms with Gasteiger partial charge in [0.05, 0.1) is 15.9 Å². The highest BCUT2D eigenvalue weighted by molar-refractivity contribution is 9.10. The van der Waals surface area contributed by atoms with Crippen LogP contribution in [0.4, 0.5) is 18.9 Å². The molecule has 0 aliphatic carbocycles. The van der Waals surface area contributed by atoms with E-state index in [0.29, 0.717) is 10.0 Å². The molecule has 0 aliphatic heterocycles. The molecule has 1 aromatic carbocycles. The van der Waals surface area contributed by atoms with Crippen LogP contribution in [0.25, 0.3) is 0 Å². The molecule has 0 aliphatic rings. The summed E-state index contributed by atoms with van der Waals surface area (Å²) in [5.74, 6) is 0. The van der Waals surface area contributed by atoms with Gasteiger partial charge in [-0.1, -0.05) is 13.0 Å². The van der Waals surface area contributed by atoms with Crippen LogP contribution in [-0.2, 0) is 6.54 Å². The Morgan fingerprint density at radius 2 is 2.05 bits per heavy atom. The summed E-state index contributed by atoms with van der Waals surface area (Å²) in [5, 5.41) is 10.7. The normalized spacial score (nSPS) is 11.9. The van der Waals surface area contributed by atoms with E-state index in [0.717, 1.165) is 0 Å². The number of rotatable bonds is 5. The summed E-state index contributed by atoms with van der Waals surface area (Å²) in [7, 11) is 0. The zero-order valence-electron chi connectivity index (χ0n) is 10.1. The summed E-state index contributed by atoms with van der Waals surface area (Å²) in [6, 6.07) is 4.31. The fraction of sp³-hybridized carbons (Fsp3) is 0.455. The molecule has 0 saturated carbocycles. The van der Waals surface area contributed by atoms with Crippen LogP contribution in [0.5, 0.6) is 0 Å². The van der Waals surface area contributed by atoms with Crippen molar-refractivity contribution >= 4 is 21.6 Å². The zero-order valence-corrected chi connectivity index (χ0v) is 11.7. The lowest BCUT2D eigenvalue weighted by Gasteiger charge is -2.21. The van der Waals surface area contributed by atoms with E-state index in [1.54, 1.807) is 13.0 Å². The first-order valence-corrected chi connectivity index (χ1v) is 6.24. The average molecular weight is 341 g/mol. The lowest BCUT2D eigenvalue weighted by Crippen LogP contribution is -2.33. The standard InChI is InChI=1S/C11H12BrF3N2O2/c1-2-16(7-11(13,14)15)6-8-3-4-9(12)10(5-8)17(18)19/h3-5H,2,6-7H2,1H3. The molecule has 0 N–H and O–H groups in total. The molecule has 0 aromatic heterocycles. The van der Waals surface area contributed by atoms with Gasteiger partial charge in [0, 0.05) is 12.6 Å². The summed E-state index contributed by atoms with van der Waals surface area (Å²) in [6.45, 7) is 0.805. The number of nitro benzene ring substituents is 1. The Balaban J connectivity index is 2.86. The van der Waals surface area contributed by atoms with Crippen molar-refractivity contribution < 1.29 is 18.1 Å². The van der Waals surface area contributed by atoms with E-state index in [2.05, 4.69) is 15.9 Å². The van der Waals surface area contributed by atoms with Crippen LogP contribution in [0.15, 0.2) is 22.7 Å². The fourth-order valence-corrected chi connectivity index (χ4v) is 1.98. The lowest BCUT2D eigenvalue weighted by molar-refractivity contribution is -0.385. The third-order valence-electron chi connectivity index (χ3n) is 2.46. The van der Waals surface area contributed by atoms with Gasteiger partial charge in [-0.3, -0.25) is 15.0 Å². The molecule has 8 heteroatoms. The Hall–Kier alpha value is -1.15. The van der Waals surface area contributed by atoms with Crippen LogP contribution in [0.3, 0.4) is 0 Å². The molecule has 0 unspecified atom stereocenters. The Morgan fingerprint density at radius 1 is 1.42 bits per heavy atom. The van der Waals surface area contributed by atoms with E-state index in [9.17, 15) is 23.3 Å². The predicted octanol–water partition coefficient (Wildman–Crippen LogP) is 3.74. The number of hydrogen-bond donors (Lipinski definition) is 0. The van der Waals surface area contributed by atoms with Gasteiger partial charge in [0.15, 0.2) is 0 Å². The minimum absolute atomic E-state index is 0.0180. The molecule has 0 bridgehead atoms. The van der Waals surface area contributed by atoms with E-state index in [1.165, 1.54) is 17.0 Å². The molecule has 0 spiro atoms. The SMILES string of the molecule is CCN(Cc1ccc(Br)c([N+](=O)[O-])c1)CC(F)(F)F. The third kappa shape index (κ3) is 5.15. The summed E-state index contributed by atoms with van der Waals surface area (Å²) in [5.41, 5.74) is 0.321. The minimum atomic E-state index is -4.28. The zero-order chi connectivity index (χ0) is 14.6. The third-order valence-corrected chi connectivity index (χ3v) is 3.13. The molecule has 19 heavy (non-hydrogen) atoms. The van der Waals surface area contributed by atoms with Crippen molar-refractivity contribution in [1.29, 1.82) is 0 Å². The molecule has 0 atom stereocenters. The van der Waals surface area contributed by atoms with Crippen molar-refractivity contribution in [3.63, 3.8) is 0 Å². The van der Waals surface area contributed by atoms with Crippen molar-refractivity contribution in [3.05, 3.63) is 38.3 Å². The van der Waals surface area contributed by atoms with Gasteiger partial charge in [-0.05, 0) is 34.1 Å². The summed E-state index contributed by atoms with van der Waals surface area (Å²) < 4.78 is 37.2. The second kappa shape index (κ2) is 6.33. The molecule has 4 nitrogen and oxygen atoms in total. The van der Waals surface area contributed by atoms with Crippen molar-refractivity contribution in [1.82, 2.24) is 4.90 Å². The summed E-state index contributed by atoms with van der Waals surface area (Å²) in [6.07, 6.45) is -4.28. The Kier molecular flexibility index (Phi) is 5.30. The molecule has 0 amide bonds. The molecule has 0 heterocycles. The van der Waals surface area contributed by atoms with E-state index in [1.807, 2.05) is 0 Å². The Morgan fingerprint density at radius 3 is 2.53 bits per heavy atom. The average Bonchev–Trinajstić information content (AvgIpc) is 2.28. The van der Waals surface area contributed by atoms with Gasteiger partial charge in [0.25, 0.3) is 5.69 Å². The molecular formula is C11H12BrF3N2O2. The van der Waals surface area contributed by atoms with E-state index < -0.39 is 17.6 Å². The quantitative estimate of drug-likeness (QED) is 0.605. The first-order chi connectivity index (χ1) is 8.73. The molecular weight excluding hydrogens is 329 g/mol. The smallest absolute Gasteiger partial charge is 0.291 e. The van der Waals surface area contributed by atoms with Gasteiger partial charge in [-0.2, -0.15) is 13.2 Å². The van der Waals surface area contributed by atoms with E-state index in [-0.39, 0.29) is 18.8 Å². The van der Waals surface area contributed by atoms with Crippen molar-refractivity contribution in [2.24, 2.45) is 0 Å². The lowest BCUT2D eigenvalue weighted by atomic mass is 10.2. The maximum absolute atomic E-state index is 12.3. The maximum atomic E-state index is 12.3. The fourth-order valence-electron chi connectivity index (χ4n) is 1.59. The molecule has 0 radical (unpaired) electrons. The summed E-state index contributed by atoms with van der Waals surface area (Å²) in [4.78, 5) is 11.3. The van der Waals surface area contributed by atoms with Crippen LogP contribution in [0, 0.1) is 10.1 Å². The van der Waals surface area contributed by atoms with Gasteiger partial charge in [0.2, 0.25) is 0 Å². The first kappa shape index (κ1) is 15.9. The molecule has 0 fully saturated rings. The number of hydrogen-bond acceptors (Lipinski definition) is 3. The van der Waals surface area contributed by atoms with E-state index in [4.69, 9.17) is 0 Å². The largest absolute Gasteiger partial charge is 0.401 e. The monoisotopic (exact) mass is 340 g/mol. The molecule has 0 saturated heterocycles. The Bertz CT molecular complexity index is 466. The Labute approximate surface area is 116 Å².